The minimum atomic E-state index is -4.78. The quantitative estimate of drug-likeness (QED) is 0.492. The van der Waals surface area contributed by atoms with Crippen molar-refractivity contribution in [2.45, 2.75) is 12.7 Å². The van der Waals surface area contributed by atoms with Crippen LogP contribution in [-0.4, -0.2) is 10.8 Å². The van der Waals surface area contributed by atoms with E-state index in [2.05, 4.69) is 10.3 Å². The Morgan fingerprint density at radius 3 is 2.36 bits per heavy atom. The average Bonchev–Trinajstić information content (AvgIpc) is 2.68. The molecule has 0 amide bonds. The van der Waals surface area contributed by atoms with E-state index in [0.29, 0.717) is 15.6 Å². The van der Waals surface area contributed by atoms with Gasteiger partial charge in [-0.05, 0) is 23.8 Å². The summed E-state index contributed by atoms with van der Waals surface area (Å²) in [5, 5.41) is 3.57. The normalized spacial score (nSPS) is 11.3. The summed E-state index contributed by atoms with van der Waals surface area (Å²) in [7, 11) is 0. The molecule has 3 nitrogen and oxygen atoms in total. The lowest BCUT2D eigenvalue weighted by Gasteiger charge is -2.16. The Bertz CT molecular complexity index is 1010. The molecule has 0 aliphatic heterocycles. The van der Waals surface area contributed by atoms with E-state index in [1.165, 1.54) is 18.2 Å². The Balaban J connectivity index is 2.00. The Labute approximate surface area is 169 Å². The van der Waals surface area contributed by atoms with E-state index in [1.54, 1.807) is 36.4 Å². The number of hydrogen-bond donors (Lipinski definition) is 1. The number of halogens is 5. The highest BCUT2D eigenvalue weighted by Gasteiger charge is 2.38. The predicted octanol–water partition coefficient (Wildman–Crippen LogP) is 6.25. The van der Waals surface area contributed by atoms with Crippen molar-refractivity contribution in [2.24, 2.45) is 0 Å². The number of alkyl halides is 3. The number of hydrogen-bond acceptors (Lipinski definition) is 3. The topological polar surface area (TPSA) is 42.0 Å². The molecule has 0 radical (unpaired) electrons. The standard InChI is InChI=1S/C20H13Cl2F3N2O/c21-14-7-6-12(10-15(14)22)11-27-16-8-9-26-19(20(23,24)25)17(16)18(28)13-4-2-1-3-5-13/h1-10H,11H2,(H,26,27). The molecule has 144 valence electrons. The molecule has 0 bridgehead atoms. The largest absolute Gasteiger partial charge is 0.434 e. The number of anilines is 1. The Morgan fingerprint density at radius 2 is 1.71 bits per heavy atom. The van der Waals surface area contributed by atoms with Gasteiger partial charge in [-0.1, -0.05) is 59.6 Å². The lowest BCUT2D eigenvalue weighted by atomic mass is 9.99. The molecule has 0 spiro atoms. The van der Waals surface area contributed by atoms with Crippen LogP contribution in [0.15, 0.2) is 60.8 Å². The third-order valence-corrected chi connectivity index (χ3v) is 4.69. The van der Waals surface area contributed by atoms with Crippen LogP contribution in [0.25, 0.3) is 0 Å². The first kappa shape index (κ1) is 20.2. The van der Waals surface area contributed by atoms with Crippen molar-refractivity contribution in [1.29, 1.82) is 0 Å². The third kappa shape index (κ3) is 4.46. The van der Waals surface area contributed by atoms with Gasteiger partial charge in [0.1, 0.15) is 0 Å². The van der Waals surface area contributed by atoms with Crippen molar-refractivity contribution in [3.05, 3.63) is 93.2 Å². The fourth-order valence-corrected chi connectivity index (χ4v) is 2.96. The van der Waals surface area contributed by atoms with Crippen LogP contribution >= 0.6 is 23.2 Å². The average molecular weight is 425 g/mol. The number of benzene rings is 2. The van der Waals surface area contributed by atoms with Crippen molar-refractivity contribution >= 4 is 34.7 Å². The SMILES string of the molecule is O=C(c1ccccc1)c1c(NCc2ccc(Cl)c(Cl)c2)ccnc1C(F)(F)F. The van der Waals surface area contributed by atoms with Gasteiger partial charge in [0.15, 0.2) is 11.5 Å². The number of aromatic nitrogens is 1. The summed E-state index contributed by atoms with van der Waals surface area (Å²) in [6, 6.07) is 14.0. The fourth-order valence-electron chi connectivity index (χ4n) is 2.63. The summed E-state index contributed by atoms with van der Waals surface area (Å²) in [6.07, 6.45) is -3.76. The summed E-state index contributed by atoms with van der Waals surface area (Å²) in [5.41, 5.74) is -0.902. The van der Waals surface area contributed by atoms with Crippen LogP contribution in [0.2, 0.25) is 10.0 Å². The maximum atomic E-state index is 13.5. The van der Waals surface area contributed by atoms with Gasteiger partial charge in [0, 0.05) is 24.0 Å². The van der Waals surface area contributed by atoms with Gasteiger partial charge in [0.2, 0.25) is 0 Å². The molecule has 1 heterocycles. The molecule has 0 saturated heterocycles. The zero-order valence-electron chi connectivity index (χ0n) is 14.2. The monoisotopic (exact) mass is 424 g/mol. The van der Waals surface area contributed by atoms with E-state index in [-0.39, 0.29) is 17.8 Å². The van der Waals surface area contributed by atoms with Gasteiger partial charge in [-0.2, -0.15) is 13.2 Å². The Hall–Kier alpha value is -2.57. The van der Waals surface area contributed by atoms with Gasteiger partial charge < -0.3 is 5.32 Å². The van der Waals surface area contributed by atoms with Crippen LogP contribution < -0.4 is 5.32 Å². The number of carbonyl (C=O) groups is 1. The zero-order chi connectivity index (χ0) is 20.3. The van der Waals surface area contributed by atoms with Gasteiger partial charge in [0.25, 0.3) is 0 Å². The van der Waals surface area contributed by atoms with Gasteiger partial charge in [-0.25, -0.2) is 0 Å². The zero-order valence-corrected chi connectivity index (χ0v) is 15.7. The second kappa shape index (κ2) is 8.20. The number of carbonyl (C=O) groups excluding carboxylic acids is 1. The number of nitrogens with zero attached hydrogens (tertiary/aromatic N) is 1. The molecule has 0 atom stereocenters. The maximum absolute atomic E-state index is 13.5. The highest BCUT2D eigenvalue weighted by molar-refractivity contribution is 6.42. The summed E-state index contributed by atoms with van der Waals surface area (Å²) < 4.78 is 40.5. The molecular formula is C20H13Cl2F3N2O. The van der Waals surface area contributed by atoms with Crippen LogP contribution in [0.3, 0.4) is 0 Å². The van der Waals surface area contributed by atoms with Crippen LogP contribution in [0.5, 0.6) is 0 Å². The van der Waals surface area contributed by atoms with E-state index >= 15 is 0 Å². The van der Waals surface area contributed by atoms with Crippen LogP contribution in [0, 0.1) is 0 Å². The molecule has 0 aliphatic rings. The Kier molecular flexibility index (Phi) is 5.91. The van der Waals surface area contributed by atoms with E-state index in [9.17, 15) is 18.0 Å². The van der Waals surface area contributed by atoms with Crippen molar-refractivity contribution in [3.63, 3.8) is 0 Å². The van der Waals surface area contributed by atoms with Crippen molar-refractivity contribution in [2.75, 3.05) is 5.32 Å². The van der Waals surface area contributed by atoms with E-state index < -0.39 is 23.2 Å². The molecule has 2 aromatic carbocycles. The maximum Gasteiger partial charge on any atom is 0.434 e. The highest BCUT2D eigenvalue weighted by Crippen LogP contribution is 2.35. The molecule has 0 saturated carbocycles. The summed E-state index contributed by atoms with van der Waals surface area (Å²) in [4.78, 5) is 16.2. The van der Waals surface area contributed by atoms with Gasteiger partial charge in [0.05, 0.1) is 15.6 Å². The molecule has 0 unspecified atom stereocenters. The van der Waals surface area contributed by atoms with E-state index in [1.807, 2.05) is 0 Å². The molecule has 28 heavy (non-hydrogen) atoms. The molecular weight excluding hydrogens is 412 g/mol. The minimum absolute atomic E-state index is 0.0299. The Morgan fingerprint density at radius 1 is 1.00 bits per heavy atom. The lowest BCUT2D eigenvalue weighted by Crippen LogP contribution is -2.18. The minimum Gasteiger partial charge on any atom is -0.380 e. The lowest BCUT2D eigenvalue weighted by molar-refractivity contribution is -0.141. The molecule has 0 aliphatic carbocycles. The number of rotatable bonds is 5. The summed E-state index contributed by atoms with van der Waals surface area (Å²) in [6.45, 7) is 0.146. The second-order valence-electron chi connectivity index (χ2n) is 5.88. The molecule has 1 aromatic heterocycles. The van der Waals surface area contributed by atoms with Crippen molar-refractivity contribution in [3.8, 4) is 0 Å². The first-order valence-electron chi connectivity index (χ1n) is 8.11. The fraction of sp³-hybridized carbons (Fsp3) is 0.100. The van der Waals surface area contributed by atoms with Crippen molar-refractivity contribution in [1.82, 2.24) is 4.98 Å². The van der Waals surface area contributed by atoms with Crippen LogP contribution in [0.4, 0.5) is 18.9 Å². The molecule has 8 heteroatoms. The second-order valence-corrected chi connectivity index (χ2v) is 6.69. The van der Waals surface area contributed by atoms with E-state index in [4.69, 9.17) is 23.2 Å². The highest BCUT2D eigenvalue weighted by atomic mass is 35.5. The smallest absolute Gasteiger partial charge is 0.380 e. The molecule has 1 N–H and O–H groups in total. The summed E-state index contributed by atoms with van der Waals surface area (Å²) >= 11 is 11.8. The van der Waals surface area contributed by atoms with Gasteiger partial charge >= 0.3 is 6.18 Å². The first-order valence-corrected chi connectivity index (χ1v) is 8.86. The van der Waals surface area contributed by atoms with Gasteiger partial charge in [-0.15, -0.1) is 0 Å². The number of nitrogens with one attached hydrogen (secondary N) is 1. The number of ketones is 1. The number of pyridine rings is 1. The van der Waals surface area contributed by atoms with Crippen LogP contribution in [-0.2, 0) is 12.7 Å². The molecule has 0 fully saturated rings. The van der Waals surface area contributed by atoms with Gasteiger partial charge in [-0.3, -0.25) is 9.78 Å². The summed E-state index contributed by atoms with van der Waals surface area (Å²) in [5.74, 6) is -0.766. The van der Waals surface area contributed by atoms with E-state index in [0.717, 1.165) is 6.20 Å². The predicted molar refractivity (Wildman–Crippen MR) is 103 cm³/mol. The molecule has 3 rings (SSSR count). The molecule has 3 aromatic rings. The first-order chi connectivity index (χ1) is 13.3. The third-order valence-electron chi connectivity index (χ3n) is 3.95. The van der Waals surface area contributed by atoms with Crippen molar-refractivity contribution < 1.29 is 18.0 Å². The van der Waals surface area contributed by atoms with Crippen LogP contribution in [0.1, 0.15) is 27.2 Å².